The lowest BCUT2D eigenvalue weighted by atomic mass is 10.4. The number of nitrogens with one attached hydrogen (secondary N) is 2. The van der Waals surface area contributed by atoms with Crippen LogP contribution in [0.4, 0.5) is 10.8 Å². The Bertz CT molecular complexity index is 525. The Hall–Kier alpha value is -1.63. The number of nitrogens with zero attached hydrogens (tertiary/aromatic N) is 2. The monoisotopic (exact) mass is 284 g/mol. The average molecular weight is 285 g/mol. The van der Waals surface area contributed by atoms with Gasteiger partial charge in [0.1, 0.15) is 5.52 Å². The van der Waals surface area contributed by atoms with Gasteiger partial charge in [-0.15, -0.1) is 0 Å². The van der Waals surface area contributed by atoms with E-state index in [2.05, 4.69) is 36.5 Å². The van der Waals surface area contributed by atoms with Gasteiger partial charge in [-0.25, -0.2) is 9.78 Å². The van der Waals surface area contributed by atoms with Crippen LogP contribution in [0.3, 0.4) is 0 Å². The minimum Gasteiger partial charge on any atom is -0.404 e. The molecular weight excluding hydrogens is 276 g/mol. The topological polar surface area (TPSA) is 80.0 Å². The molecule has 2 heterocycles. The first-order valence-electron chi connectivity index (χ1n) is 4.66. The summed E-state index contributed by atoms with van der Waals surface area (Å²) in [6.07, 6.45) is 1.60. The maximum atomic E-state index is 11.2. The fourth-order valence-corrected chi connectivity index (χ4v) is 1.47. The Balaban J connectivity index is 2.23. The average Bonchev–Trinajstić information content (AvgIpc) is 2.59. The molecule has 2 aromatic heterocycles. The Kier molecular flexibility index (Phi) is 3.04. The molecule has 2 amide bonds. The van der Waals surface area contributed by atoms with Crippen molar-refractivity contribution in [2.75, 3.05) is 11.9 Å². The molecule has 0 aromatic carbocycles. The van der Waals surface area contributed by atoms with Crippen molar-refractivity contribution in [1.82, 2.24) is 15.3 Å². The summed E-state index contributed by atoms with van der Waals surface area (Å²) < 4.78 is 6.03. The molecule has 16 heavy (non-hydrogen) atoms. The Morgan fingerprint density at radius 3 is 3.19 bits per heavy atom. The van der Waals surface area contributed by atoms with Gasteiger partial charge in [0.25, 0.3) is 0 Å². The van der Waals surface area contributed by atoms with Crippen LogP contribution in [0, 0.1) is 0 Å². The highest BCUT2D eigenvalue weighted by molar-refractivity contribution is 9.10. The number of halogens is 1. The van der Waals surface area contributed by atoms with E-state index in [9.17, 15) is 4.79 Å². The number of amides is 2. The van der Waals surface area contributed by atoms with Gasteiger partial charge in [-0.3, -0.25) is 5.32 Å². The summed E-state index contributed by atoms with van der Waals surface area (Å²) in [4.78, 5) is 19.3. The molecule has 0 atom stereocenters. The zero-order chi connectivity index (χ0) is 11.5. The van der Waals surface area contributed by atoms with Gasteiger partial charge in [0.15, 0.2) is 0 Å². The highest BCUT2D eigenvalue weighted by atomic mass is 79.9. The van der Waals surface area contributed by atoms with Crippen LogP contribution in [-0.4, -0.2) is 22.5 Å². The summed E-state index contributed by atoms with van der Waals surface area (Å²) >= 11 is 3.27. The number of anilines is 1. The van der Waals surface area contributed by atoms with Crippen molar-refractivity contribution < 1.29 is 9.21 Å². The van der Waals surface area contributed by atoms with Crippen molar-refractivity contribution in [2.45, 2.75) is 6.92 Å². The molecule has 2 rings (SSSR count). The number of hydrogen-bond acceptors (Lipinski definition) is 4. The number of hydrogen-bond donors (Lipinski definition) is 2. The van der Waals surface area contributed by atoms with E-state index < -0.39 is 0 Å². The maximum absolute atomic E-state index is 11.2. The molecule has 0 unspecified atom stereocenters. The Labute approximate surface area is 99.6 Å². The zero-order valence-corrected chi connectivity index (χ0v) is 10.0. The maximum Gasteiger partial charge on any atom is 0.322 e. The van der Waals surface area contributed by atoms with Crippen molar-refractivity contribution in [3.8, 4) is 0 Å². The Morgan fingerprint density at radius 1 is 1.62 bits per heavy atom. The molecule has 0 saturated carbocycles. The summed E-state index contributed by atoms with van der Waals surface area (Å²) in [6, 6.07) is 1.54. The molecule has 0 aliphatic rings. The van der Waals surface area contributed by atoms with Crippen molar-refractivity contribution in [3.63, 3.8) is 0 Å². The second-order valence-corrected chi connectivity index (χ2v) is 3.90. The number of carbonyl (C=O) groups is 1. The normalized spacial score (nSPS) is 10.4. The van der Waals surface area contributed by atoms with Crippen LogP contribution in [-0.2, 0) is 0 Å². The van der Waals surface area contributed by atoms with Gasteiger partial charge in [0.2, 0.25) is 5.71 Å². The quantitative estimate of drug-likeness (QED) is 0.885. The predicted octanol–water partition coefficient (Wildman–Crippen LogP) is 2.13. The van der Waals surface area contributed by atoms with Crippen LogP contribution >= 0.6 is 15.9 Å². The first kappa shape index (κ1) is 10.9. The Morgan fingerprint density at radius 2 is 2.44 bits per heavy atom. The van der Waals surface area contributed by atoms with Crippen molar-refractivity contribution >= 4 is 39.2 Å². The van der Waals surface area contributed by atoms with E-state index in [1.807, 2.05) is 6.92 Å². The van der Waals surface area contributed by atoms with Crippen LogP contribution in [0.1, 0.15) is 6.92 Å². The largest absolute Gasteiger partial charge is 0.404 e. The molecule has 2 aromatic rings. The number of fused-ring (bicyclic) bond motifs is 1. The molecular formula is C9H9BrN4O2. The zero-order valence-electron chi connectivity index (χ0n) is 8.45. The van der Waals surface area contributed by atoms with Crippen molar-refractivity contribution in [3.05, 3.63) is 16.7 Å². The molecule has 0 bridgehead atoms. The number of rotatable bonds is 2. The number of urea groups is 1. The third-order valence-electron chi connectivity index (χ3n) is 1.77. The van der Waals surface area contributed by atoms with Crippen molar-refractivity contribution in [2.24, 2.45) is 0 Å². The van der Waals surface area contributed by atoms with Gasteiger partial charge in [-0.1, -0.05) is 0 Å². The van der Waals surface area contributed by atoms with Crippen molar-refractivity contribution in [1.29, 1.82) is 0 Å². The number of carbonyl (C=O) groups excluding carboxylic acids is 1. The molecule has 0 spiro atoms. The minimum atomic E-state index is -0.354. The highest BCUT2D eigenvalue weighted by Gasteiger charge is 2.09. The lowest BCUT2D eigenvalue weighted by Crippen LogP contribution is -2.28. The molecule has 84 valence electrons. The molecule has 2 N–H and O–H groups in total. The summed E-state index contributed by atoms with van der Waals surface area (Å²) in [5, 5.41) is 5.04. The van der Waals surface area contributed by atoms with Gasteiger partial charge in [0, 0.05) is 17.2 Å². The standard InChI is InChI=1S/C9H9BrN4O2/c1-2-11-8(15)14-9-13-6-3-5(10)4-12-7(6)16-9/h3-4H,2H2,1H3,(H2,11,13,14,15). The summed E-state index contributed by atoms with van der Waals surface area (Å²) in [6.45, 7) is 2.36. The molecule has 0 saturated heterocycles. The molecule has 0 fully saturated rings. The van der Waals surface area contributed by atoms with Gasteiger partial charge in [0.05, 0.1) is 0 Å². The van der Waals surface area contributed by atoms with Crippen LogP contribution in [0.25, 0.3) is 11.2 Å². The lowest BCUT2D eigenvalue weighted by Gasteiger charge is -1.99. The first-order chi connectivity index (χ1) is 7.69. The van der Waals surface area contributed by atoms with E-state index in [-0.39, 0.29) is 12.0 Å². The second-order valence-electron chi connectivity index (χ2n) is 2.98. The van der Waals surface area contributed by atoms with Crippen LogP contribution in [0.15, 0.2) is 21.2 Å². The van der Waals surface area contributed by atoms with E-state index in [0.29, 0.717) is 17.8 Å². The fraction of sp³-hybridized carbons (Fsp3) is 0.222. The van der Waals surface area contributed by atoms with Gasteiger partial charge < -0.3 is 9.73 Å². The molecule has 0 radical (unpaired) electrons. The van der Waals surface area contributed by atoms with Crippen LogP contribution in [0.2, 0.25) is 0 Å². The van der Waals surface area contributed by atoms with E-state index in [0.717, 1.165) is 4.47 Å². The van der Waals surface area contributed by atoms with Crippen LogP contribution < -0.4 is 10.6 Å². The minimum absolute atomic E-state index is 0.131. The summed E-state index contributed by atoms with van der Waals surface area (Å²) in [5.74, 6) is 0. The highest BCUT2D eigenvalue weighted by Crippen LogP contribution is 2.19. The van der Waals surface area contributed by atoms with Crippen LogP contribution in [0.5, 0.6) is 0 Å². The number of oxazole rings is 1. The summed E-state index contributed by atoms with van der Waals surface area (Å²) in [7, 11) is 0. The summed E-state index contributed by atoms with van der Waals surface area (Å²) in [5.41, 5.74) is 0.969. The molecule has 0 aliphatic carbocycles. The van der Waals surface area contributed by atoms with Gasteiger partial charge in [-0.05, 0) is 28.9 Å². The number of aromatic nitrogens is 2. The SMILES string of the molecule is CCNC(=O)Nc1nc2cc(Br)cnc2o1. The predicted molar refractivity (Wildman–Crippen MR) is 62.2 cm³/mol. The van der Waals surface area contributed by atoms with Gasteiger partial charge >= 0.3 is 12.0 Å². The molecule has 0 aliphatic heterocycles. The number of pyridine rings is 1. The van der Waals surface area contributed by atoms with E-state index in [4.69, 9.17) is 4.42 Å². The lowest BCUT2D eigenvalue weighted by molar-refractivity contribution is 0.252. The fourth-order valence-electron chi connectivity index (χ4n) is 1.15. The second kappa shape index (κ2) is 4.48. The third-order valence-corrected chi connectivity index (χ3v) is 2.21. The third kappa shape index (κ3) is 2.30. The van der Waals surface area contributed by atoms with Gasteiger partial charge in [-0.2, -0.15) is 4.98 Å². The van der Waals surface area contributed by atoms with E-state index in [1.54, 1.807) is 12.3 Å². The first-order valence-corrected chi connectivity index (χ1v) is 5.45. The van der Waals surface area contributed by atoms with E-state index >= 15 is 0 Å². The van der Waals surface area contributed by atoms with E-state index in [1.165, 1.54) is 0 Å². The molecule has 6 nitrogen and oxygen atoms in total. The molecule has 7 heteroatoms. The smallest absolute Gasteiger partial charge is 0.322 e.